The SMILES string of the molecule is CCCS(=O)(=O)c1cccc2ncn(CC(=O)Nc3cccc(C(F)(F)F)c3)c12. The fourth-order valence-electron chi connectivity index (χ4n) is 2.97. The first-order valence-electron chi connectivity index (χ1n) is 8.75. The summed E-state index contributed by atoms with van der Waals surface area (Å²) in [5.41, 5.74) is -0.182. The van der Waals surface area contributed by atoms with E-state index in [4.69, 9.17) is 0 Å². The number of amides is 1. The van der Waals surface area contributed by atoms with Crippen molar-refractivity contribution in [2.75, 3.05) is 11.1 Å². The molecule has 1 N–H and O–H groups in total. The molecule has 1 aromatic heterocycles. The zero-order valence-corrected chi connectivity index (χ0v) is 16.2. The minimum atomic E-state index is -4.52. The number of nitrogens with zero attached hydrogens (tertiary/aromatic N) is 2. The number of carbonyl (C=O) groups is 1. The monoisotopic (exact) mass is 425 g/mol. The van der Waals surface area contributed by atoms with Crippen LogP contribution in [-0.4, -0.2) is 29.6 Å². The van der Waals surface area contributed by atoms with Crippen molar-refractivity contribution in [1.82, 2.24) is 9.55 Å². The quantitative estimate of drug-likeness (QED) is 0.650. The van der Waals surface area contributed by atoms with Crippen molar-refractivity contribution in [3.63, 3.8) is 0 Å². The smallest absolute Gasteiger partial charge is 0.325 e. The maximum atomic E-state index is 12.8. The van der Waals surface area contributed by atoms with Gasteiger partial charge in [-0.1, -0.05) is 19.1 Å². The third-order valence-corrected chi connectivity index (χ3v) is 6.14. The number of para-hydroxylation sites is 1. The Balaban J connectivity index is 1.88. The molecule has 0 spiro atoms. The Morgan fingerprint density at radius 3 is 2.59 bits per heavy atom. The molecule has 3 rings (SSSR count). The Morgan fingerprint density at radius 1 is 1.17 bits per heavy atom. The molecule has 1 heterocycles. The summed E-state index contributed by atoms with van der Waals surface area (Å²) < 4.78 is 65.0. The number of rotatable bonds is 6. The van der Waals surface area contributed by atoms with Crippen LogP contribution in [0.15, 0.2) is 53.7 Å². The molecular formula is C19H18F3N3O3S. The number of hydrogen-bond donors (Lipinski definition) is 1. The van der Waals surface area contributed by atoms with Gasteiger partial charge in [0.15, 0.2) is 9.84 Å². The highest BCUT2D eigenvalue weighted by atomic mass is 32.2. The molecule has 29 heavy (non-hydrogen) atoms. The number of alkyl halides is 3. The van der Waals surface area contributed by atoms with Gasteiger partial charge in [-0.3, -0.25) is 4.79 Å². The van der Waals surface area contributed by atoms with Crippen molar-refractivity contribution < 1.29 is 26.4 Å². The highest BCUT2D eigenvalue weighted by Crippen LogP contribution is 2.30. The second kappa shape index (κ2) is 7.86. The molecule has 6 nitrogen and oxygen atoms in total. The number of sulfone groups is 1. The first kappa shape index (κ1) is 20.8. The van der Waals surface area contributed by atoms with Crippen LogP contribution in [0.5, 0.6) is 0 Å². The number of hydrogen-bond acceptors (Lipinski definition) is 4. The van der Waals surface area contributed by atoms with Crippen LogP contribution in [0.3, 0.4) is 0 Å². The number of benzene rings is 2. The molecule has 154 valence electrons. The van der Waals surface area contributed by atoms with Gasteiger partial charge in [0, 0.05) is 5.69 Å². The number of halogens is 3. The molecule has 0 aliphatic carbocycles. The van der Waals surface area contributed by atoms with Gasteiger partial charge in [0.05, 0.1) is 33.6 Å². The molecule has 0 radical (unpaired) electrons. The van der Waals surface area contributed by atoms with E-state index in [1.807, 2.05) is 0 Å². The van der Waals surface area contributed by atoms with Crippen molar-refractivity contribution in [3.8, 4) is 0 Å². The number of fused-ring (bicyclic) bond motifs is 1. The van der Waals surface area contributed by atoms with Crippen LogP contribution in [0.4, 0.5) is 18.9 Å². The van der Waals surface area contributed by atoms with E-state index in [-0.39, 0.29) is 22.9 Å². The van der Waals surface area contributed by atoms with Crippen molar-refractivity contribution in [2.45, 2.75) is 31.0 Å². The van der Waals surface area contributed by atoms with Crippen LogP contribution in [0, 0.1) is 0 Å². The van der Waals surface area contributed by atoms with E-state index in [0.29, 0.717) is 17.5 Å². The molecule has 1 amide bonds. The zero-order valence-electron chi connectivity index (χ0n) is 15.4. The topological polar surface area (TPSA) is 81.1 Å². The molecule has 2 aromatic carbocycles. The summed E-state index contributed by atoms with van der Waals surface area (Å²) in [5, 5.41) is 2.40. The second-order valence-corrected chi connectivity index (χ2v) is 8.52. The van der Waals surface area contributed by atoms with E-state index < -0.39 is 27.5 Å². The Morgan fingerprint density at radius 2 is 1.90 bits per heavy atom. The van der Waals surface area contributed by atoms with E-state index >= 15 is 0 Å². The van der Waals surface area contributed by atoms with Crippen LogP contribution in [0.1, 0.15) is 18.9 Å². The maximum absolute atomic E-state index is 12.8. The molecule has 0 saturated heterocycles. The molecule has 3 aromatic rings. The average molecular weight is 425 g/mol. The number of nitrogens with one attached hydrogen (secondary N) is 1. The van der Waals surface area contributed by atoms with Crippen LogP contribution >= 0.6 is 0 Å². The largest absolute Gasteiger partial charge is 0.416 e. The highest BCUT2D eigenvalue weighted by molar-refractivity contribution is 7.91. The fraction of sp³-hybridized carbons (Fsp3) is 0.263. The van der Waals surface area contributed by atoms with E-state index in [2.05, 4.69) is 10.3 Å². The molecule has 10 heteroatoms. The molecule has 0 aliphatic rings. The third kappa shape index (κ3) is 4.58. The second-order valence-electron chi connectivity index (χ2n) is 6.44. The van der Waals surface area contributed by atoms with Gasteiger partial charge in [0.1, 0.15) is 6.54 Å². The Bertz CT molecular complexity index is 1150. The average Bonchev–Trinajstić information content (AvgIpc) is 3.04. The number of aromatic nitrogens is 2. The summed E-state index contributed by atoms with van der Waals surface area (Å²) in [7, 11) is -3.56. The number of anilines is 1. The first-order valence-corrected chi connectivity index (χ1v) is 10.4. The van der Waals surface area contributed by atoms with Gasteiger partial charge in [0.25, 0.3) is 0 Å². The lowest BCUT2D eigenvalue weighted by Crippen LogP contribution is -2.19. The minimum absolute atomic E-state index is 0.00641. The van der Waals surface area contributed by atoms with Gasteiger partial charge >= 0.3 is 6.18 Å². The summed E-state index contributed by atoms with van der Waals surface area (Å²) in [6, 6.07) is 8.93. The van der Waals surface area contributed by atoms with Gasteiger partial charge in [-0.2, -0.15) is 13.2 Å². The lowest BCUT2D eigenvalue weighted by atomic mass is 10.2. The lowest BCUT2D eigenvalue weighted by molar-refractivity contribution is -0.137. The first-order chi connectivity index (χ1) is 13.6. The standard InChI is InChI=1S/C19H18F3N3O3S/c1-2-9-29(27,28)16-8-4-7-15-18(16)25(12-23-15)11-17(26)24-14-6-3-5-13(10-14)19(20,21)22/h3-8,10,12H,2,9,11H2,1H3,(H,24,26). The summed E-state index contributed by atoms with van der Waals surface area (Å²) in [4.78, 5) is 16.6. The Hall–Kier alpha value is -2.88. The van der Waals surface area contributed by atoms with Crippen LogP contribution in [0.25, 0.3) is 11.0 Å². The normalized spacial score (nSPS) is 12.3. The predicted molar refractivity (Wildman–Crippen MR) is 102 cm³/mol. The highest BCUT2D eigenvalue weighted by Gasteiger charge is 2.30. The number of imidazole rings is 1. The zero-order chi connectivity index (χ0) is 21.2. The van der Waals surface area contributed by atoms with Crippen molar-refractivity contribution in [2.24, 2.45) is 0 Å². The molecular weight excluding hydrogens is 407 g/mol. The van der Waals surface area contributed by atoms with E-state index in [1.54, 1.807) is 19.1 Å². The van der Waals surface area contributed by atoms with Crippen LogP contribution in [-0.2, 0) is 27.4 Å². The van der Waals surface area contributed by atoms with E-state index in [9.17, 15) is 26.4 Å². The molecule has 0 saturated carbocycles. The summed E-state index contributed by atoms with van der Waals surface area (Å²) in [6.07, 6.45) is -2.76. The van der Waals surface area contributed by atoms with Crippen LogP contribution in [0.2, 0.25) is 0 Å². The molecule has 0 atom stereocenters. The van der Waals surface area contributed by atoms with Gasteiger partial charge in [-0.05, 0) is 36.8 Å². The van der Waals surface area contributed by atoms with Crippen molar-refractivity contribution in [1.29, 1.82) is 0 Å². The third-order valence-electron chi connectivity index (χ3n) is 4.20. The molecule has 0 aliphatic heterocycles. The Labute approximate surface area is 165 Å². The molecule has 0 unspecified atom stereocenters. The van der Waals surface area contributed by atoms with Gasteiger partial charge < -0.3 is 9.88 Å². The van der Waals surface area contributed by atoms with Gasteiger partial charge in [-0.15, -0.1) is 0 Å². The van der Waals surface area contributed by atoms with Crippen LogP contribution < -0.4 is 5.32 Å². The lowest BCUT2D eigenvalue weighted by Gasteiger charge is -2.11. The maximum Gasteiger partial charge on any atom is 0.416 e. The molecule has 0 bridgehead atoms. The fourth-order valence-corrected chi connectivity index (χ4v) is 4.53. The van der Waals surface area contributed by atoms with Crippen molar-refractivity contribution >= 4 is 32.5 Å². The van der Waals surface area contributed by atoms with Crippen molar-refractivity contribution in [3.05, 3.63) is 54.4 Å². The Kier molecular flexibility index (Phi) is 5.65. The number of carbonyl (C=O) groups excluding carboxylic acids is 1. The minimum Gasteiger partial charge on any atom is -0.325 e. The molecule has 0 fully saturated rings. The van der Waals surface area contributed by atoms with E-state index in [0.717, 1.165) is 12.1 Å². The summed E-state index contributed by atoms with van der Waals surface area (Å²) in [5.74, 6) is -0.653. The summed E-state index contributed by atoms with van der Waals surface area (Å²) in [6.45, 7) is 1.45. The van der Waals surface area contributed by atoms with E-state index in [1.165, 1.54) is 29.1 Å². The summed E-state index contributed by atoms with van der Waals surface area (Å²) >= 11 is 0. The predicted octanol–water partition coefficient (Wildman–Crippen LogP) is 3.88. The van der Waals surface area contributed by atoms with Gasteiger partial charge in [0.2, 0.25) is 5.91 Å². The van der Waals surface area contributed by atoms with Gasteiger partial charge in [-0.25, -0.2) is 13.4 Å².